The summed E-state index contributed by atoms with van der Waals surface area (Å²) in [6, 6.07) is 0. The van der Waals surface area contributed by atoms with Gasteiger partial charge in [-0.1, -0.05) is 0 Å². The zero-order chi connectivity index (χ0) is 6.08. The topological polar surface area (TPSA) is 28.2 Å². The van der Waals surface area contributed by atoms with Gasteiger partial charge in [-0.2, -0.15) is 0 Å². The molecule has 0 aromatic rings. The van der Waals surface area contributed by atoms with Gasteiger partial charge in [-0.3, -0.25) is 0 Å². The summed E-state index contributed by atoms with van der Waals surface area (Å²) in [4.78, 5) is 0. The van der Waals surface area contributed by atoms with E-state index in [1.165, 1.54) is 0 Å². The molecule has 0 aliphatic heterocycles. The Balaban J connectivity index is 3.54. The summed E-state index contributed by atoms with van der Waals surface area (Å²) < 4.78 is 0. The second-order valence-electron chi connectivity index (χ2n) is 2.88. The van der Waals surface area contributed by atoms with Crippen molar-refractivity contribution in [2.45, 2.75) is 26.3 Å². The lowest BCUT2D eigenvalue weighted by molar-refractivity contribution is -0.878. The molecule has 0 rings (SSSR count). The van der Waals surface area contributed by atoms with Crippen molar-refractivity contribution in [1.82, 2.24) is 0 Å². The number of hydrogen-bond donors (Lipinski definition) is 1. The van der Waals surface area contributed by atoms with E-state index in [1.54, 1.807) is 0 Å². The predicted octanol–water partition coefficient (Wildman–Crippen LogP) is 0.267. The van der Waals surface area contributed by atoms with Crippen LogP contribution in [0.2, 0.25) is 0 Å². The van der Waals surface area contributed by atoms with Crippen LogP contribution in [-0.2, 0) is 0 Å². The molecule has 0 heterocycles. The van der Waals surface area contributed by atoms with E-state index in [-0.39, 0.29) is 5.54 Å². The van der Waals surface area contributed by atoms with Gasteiger partial charge in [0.15, 0.2) is 0 Å². The minimum Gasteiger partial charge on any atom is -0.469 e. The molecule has 0 aromatic carbocycles. The van der Waals surface area contributed by atoms with Gasteiger partial charge >= 0.3 is 0 Å². The lowest BCUT2D eigenvalue weighted by Gasteiger charge is -2.30. The van der Waals surface area contributed by atoms with Crippen molar-refractivity contribution in [3.63, 3.8) is 0 Å². The van der Waals surface area contributed by atoms with Gasteiger partial charge in [-0.05, 0) is 20.8 Å². The summed E-state index contributed by atoms with van der Waals surface area (Å²) in [5, 5.41) is 0.743. The molecule has 7 heavy (non-hydrogen) atoms. The lowest BCUT2D eigenvalue weighted by Crippen LogP contribution is -3.10. The van der Waals surface area contributed by atoms with Gasteiger partial charge in [0.05, 0.1) is 12.6 Å². The molecule has 1 atom stereocenters. The van der Waals surface area contributed by atoms with Gasteiger partial charge in [-0.25, -0.2) is 0 Å². The van der Waals surface area contributed by atoms with Crippen molar-refractivity contribution in [2.75, 3.05) is 7.05 Å². The number of rotatable bonds is 0. The van der Waals surface area contributed by atoms with Crippen molar-refractivity contribution < 1.29 is 5.01 Å². The molecule has 0 bridgehead atoms. The molecule has 1 unspecified atom stereocenters. The van der Waals surface area contributed by atoms with Crippen LogP contribution in [-0.4, -0.2) is 12.6 Å². The second kappa shape index (κ2) is 1.80. The summed E-state index contributed by atoms with van der Waals surface area (Å²) >= 11 is 0. The summed E-state index contributed by atoms with van der Waals surface area (Å²) in [5.41, 5.74) is 0.0833. The molecular weight excluding hydrogens is 88.1 g/mol. The lowest BCUT2D eigenvalue weighted by atomic mass is 10.1. The van der Waals surface area contributed by atoms with E-state index in [4.69, 9.17) is 5.84 Å². The maximum absolute atomic E-state index is 7.15. The quantitative estimate of drug-likeness (QED) is 0.425. The van der Waals surface area contributed by atoms with Crippen LogP contribution in [0.15, 0.2) is 0 Å². The van der Waals surface area contributed by atoms with Gasteiger partial charge < -0.3 is 10.9 Å². The van der Waals surface area contributed by atoms with Crippen LogP contribution in [0.25, 0.3) is 5.84 Å². The van der Waals surface area contributed by atoms with Gasteiger partial charge in [0, 0.05) is 0 Å². The summed E-state index contributed by atoms with van der Waals surface area (Å²) in [5.74, 6) is 7.15. The van der Waals surface area contributed by atoms with Gasteiger partial charge in [0.2, 0.25) is 0 Å². The van der Waals surface area contributed by atoms with E-state index in [0.29, 0.717) is 0 Å². The smallest absolute Gasteiger partial charge is 0.0800 e. The Morgan fingerprint density at radius 3 is 1.43 bits per heavy atom. The highest BCUT2D eigenvalue weighted by Gasteiger charge is 2.11. The summed E-state index contributed by atoms with van der Waals surface area (Å²) in [7, 11) is 1.83. The Bertz CT molecular complexity index is 51.6. The highest BCUT2D eigenvalue weighted by molar-refractivity contribution is 4.53. The number of quaternary nitrogens is 1. The SMILES string of the molecule is C[NH+]([NH-])C(C)(C)C. The third kappa shape index (κ3) is 2.60. The Morgan fingerprint density at radius 2 is 1.43 bits per heavy atom. The largest absolute Gasteiger partial charge is 0.469 e. The maximum Gasteiger partial charge on any atom is 0.0800 e. The van der Waals surface area contributed by atoms with E-state index < -0.39 is 0 Å². The molecule has 0 saturated carbocycles. The van der Waals surface area contributed by atoms with Crippen molar-refractivity contribution in [1.29, 1.82) is 0 Å². The third-order valence-corrected chi connectivity index (χ3v) is 1.12. The van der Waals surface area contributed by atoms with Crippen LogP contribution < -0.4 is 5.01 Å². The van der Waals surface area contributed by atoms with E-state index in [2.05, 4.69) is 0 Å². The second-order valence-corrected chi connectivity index (χ2v) is 2.88. The first-order valence-corrected chi connectivity index (χ1v) is 2.50. The van der Waals surface area contributed by atoms with Crippen LogP contribution >= 0.6 is 0 Å². The fraction of sp³-hybridized carbons (Fsp3) is 1.00. The number of nitrogens with one attached hydrogen (secondary N) is 2. The van der Waals surface area contributed by atoms with Crippen LogP contribution in [0.5, 0.6) is 0 Å². The first-order valence-electron chi connectivity index (χ1n) is 2.50. The molecule has 2 N–H and O–H groups in total. The van der Waals surface area contributed by atoms with Crippen molar-refractivity contribution >= 4 is 0 Å². The Morgan fingerprint density at radius 1 is 1.29 bits per heavy atom. The fourth-order valence-electron chi connectivity index (χ4n) is 0. The van der Waals surface area contributed by atoms with Crippen LogP contribution in [0, 0.1) is 0 Å². The minimum atomic E-state index is 0.0833. The van der Waals surface area contributed by atoms with E-state index in [9.17, 15) is 0 Å². The first-order chi connectivity index (χ1) is 2.94. The van der Waals surface area contributed by atoms with Gasteiger partial charge in [0.1, 0.15) is 0 Å². The van der Waals surface area contributed by atoms with Crippen molar-refractivity contribution in [3.8, 4) is 0 Å². The molecule has 0 amide bonds. The highest BCUT2D eigenvalue weighted by Crippen LogP contribution is 1.89. The molecule has 2 nitrogen and oxygen atoms in total. The van der Waals surface area contributed by atoms with Crippen molar-refractivity contribution in [2.24, 2.45) is 0 Å². The zero-order valence-corrected chi connectivity index (χ0v) is 5.50. The predicted molar refractivity (Wildman–Crippen MR) is 31.0 cm³/mol. The normalized spacial score (nSPS) is 16.7. The standard InChI is InChI=1S/C5H14N2/c1-5(2,3)7(4)6/h6-7H,1-4H3. The molecule has 0 aromatic heterocycles. The average Bonchev–Trinajstić information content (AvgIpc) is 1.31. The monoisotopic (exact) mass is 102 g/mol. The Hall–Kier alpha value is -0.0800. The van der Waals surface area contributed by atoms with Gasteiger partial charge in [0.25, 0.3) is 0 Å². The third-order valence-electron chi connectivity index (χ3n) is 1.12. The van der Waals surface area contributed by atoms with Crippen LogP contribution in [0.3, 0.4) is 0 Å². The summed E-state index contributed by atoms with van der Waals surface area (Å²) in [6.45, 7) is 6.11. The molecular formula is C5H14N2. The fourth-order valence-corrected chi connectivity index (χ4v) is 0. The van der Waals surface area contributed by atoms with E-state index >= 15 is 0 Å². The van der Waals surface area contributed by atoms with E-state index in [0.717, 1.165) is 5.01 Å². The van der Waals surface area contributed by atoms with Crippen LogP contribution in [0.1, 0.15) is 20.8 Å². The van der Waals surface area contributed by atoms with E-state index in [1.807, 2.05) is 27.8 Å². The maximum atomic E-state index is 7.15. The molecule has 0 radical (unpaired) electrons. The molecule has 0 saturated heterocycles. The minimum absolute atomic E-state index is 0.0833. The molecule has 0 aliphatic rings. The average molecular weight is 102 g/mol. The first kappa shape index (κ1) is 6.92. The molecule has 44 valence electrons. The number of hydrogen-bond acceptors (Lipinski definition) is 0. The van der Waals surface area contributed by atoms with Crippen LogP contribution in [0.4, 0.5) is 0 Å². The molecule has 0 spiro atoms. The van der Waals surface area contributed by atoms with Crippen molar-refractivity contribution in [3.05, 3.63) is 5.84 Å². The Labute approximate surface area is 45.3 Å². The zero-order valence-electron chi connectivity index (χ0n) is 5.50. The molecule has 2 heteroatoms. The Kier molecular flexibility index (Phi) is 1.78. The van der Waals surface area contributed by atoms with Gasteiger partial charge in [-0.15, -0.1) is 0 Å². The highest BCUT2D eigenvalue weighted by atomic mass is 15.4. The molecule has 0 fully saturated rings. The summed E-state index contributed by atoms with van der Waals surface area (Å²) in [6.07, 6.45) is 0. The molecule has 0 aliphatic carbocycles.